The maximum Gasteiger partial charge on any atom is 0.490 e. The summed E-state index contributed by atoms with van der Waals surface area (Å²) in [6, 6.07) is 6.43. The monoisotopic (exact) mass is 442 g/mol. The van der Waals surface area contributed by atoms with Crippen molar-refractivity contribution in [1.82, 2.24) is 20.0 Å². The number of amides is 1. The zero-order chi connectivity index (χ0) is 22.6. The van der Waals surface area contributed by atoms with Gasteiger partial charge in [0, 0.05) is 31.7 Å². The third kappa shape index (κ3) is 6.58. The van der Waals surface area contributed by atoms with Crippen LogP contribution in [0.5, 0.6) is 0 Å². The number of aryl methyl sites for hydroxylation is 1. The smallest absolute Gasteiger partial charge is 0.475 e. The van der Waals surface area contributed by atoms with E-state index in [1.165, 1.54) is 5.69 Å². The van der Waals surface area contributed by atoms with Crippen molar-refractivity contribution >= 4 is 11.9 Å². The Morgan fingerprint density at radius 3 is 2.58 bits per heavy atom. The molecule has 11 heteroatoms. The Bertz CT molecular complexity index is 904. The number of nitrogens with one attached hydrogen (secondary N) is 1. The summed E-state index contributed by atoms with van der Waals surface area (Å²) < 4.78 is 39.6. The third-order valence-corrected chi connectivity index (χ3v) is 5.10. The molecule has 0 aromatic carbocycles. The lowest BCUT2D eigenvalue weighted by Gasteiger charge is -2.33. The first-order valence-electron chi connectivity index (χ1n) is 10.0. The maximum absolute atomic E-state index is 11.8. The van der Waals surface area contributed by atoms with E-state index in [9.17, 15) is 18.0 Å². The Kier molecular flexibility index (Phi) is 7.04. The van der Waals surface area contributed by atoms with Crippen molar-refractivity contribution in [2.75, 3.05) is 13.1 Å². The Hall–Kier alpha value is -2.82. The summed E-state index contributed by atoms with van der Waals surface area (Å²) in [6.07, 6.45) is -0.212. The van der Waals surface area contributed by atoms with Gasteiger partial charge in [-0.3, -0.25) is 14.4 Å². The molecule has 2 N–H and O–H groups in total. The Morgan fingerprint density at radius 1 is 1.29 bits per heavy atom. The van der Waals surface area contributed by atoms with Crippen molar-refractivity contribution in [1.29, 1.82) is 0 Å². The number of carbonyl (C=O) groups is 2. The fourth-order valence-electron chi connectivity index (χ4n) is 3.44. The largest absolute Gasteiger partial charge is 0.490 e. The first-order valence-corrected chi connectivity index (χ1v) is 10.0. The van der Waals surface area contributed by atoms with Gasteiger partial charge in [0.15, 0.2) is 0 Å². The van der Waals surface area contributed by atoms with Gasteiger partial charge in [-0.25, -0.2) is 4.79 Å². The lowest BCUT2D eigenvalue weighted by molar-refractivity contribution is -0.192. The molecule has 0 spiro atoms. The van der Waals surface area contributed by atoms with Crippen LogP contribution in [-0.4, -0.2) is 50.9 Å². The summed E-state index contributed by atoms with van der Waals surface area (Å²) in [6.45, 7) is 5.30. The third-order valence-electron chi connectivity index (χ3n) is 5.10. The summed E-state index contributed by atoms with van der Waals surface area (Å²) in [4.78, 5) is 23.1. The molecular weight excluding hydrogens is 417 g/mol. The highest BCUT2D eigenvalue weighted by molar-refractivity contribution is 5.80. The summed E-state index contributed by atoms with van der Waals surface area (Å²) in [5, 5.41) is 14.7. The second kappa shape index (κ2) is 9.54. The Morgan fingerprint density at radius 2 is 2.00 bits per heavy atom. The lowest BCUT2D eigenvalue weighted by atomic mass is 10.1. The molecule has 31 heavy (non-hydrogen) atoms. The van der Waals surface area contributed by atoms with E-state index < -0.39 is 12.1 Å². The summed E-state index contributed by atoms with van der Waals surface area (Å²) >= 11 is 0. The van der Waals surface area contributed by atoms with Gasteiger partial charge < -0.3 is 14.8 Å². The summed E-state index contributed by atoms with van der Waals surface area (Å²) in [5.41, 5.74) is 1.23. The number of nitrogens with zero attached hydrogens (tertiary/aromatic N) is 3. The average molecular weight is 442 g/mol. The predicted molar refractivity (Wildman–Crippen MR) is 103 cm³/mol. The second-order valence-corrected chi connectivity index (χ2v) is 7.76. The van der Waals surface area contributed by atoms with Crippen LogP contribution in [0.4, 0.5) is 13.2 Å². The van der Waals surface area contributed by atoms with Crippen LogP contribution in [0.25, 0.3) is 0 Å². The Balaban J connectivity index is 0.000000339. The number of furan rings is 1. The molecule has 1 fully saturated rings. The van der Waals surface area contributed by atoms with Gasteiger partial charge in [-0.15, -0.1) is 0 Å². The number of alkyl halides is 3. The highest BCUT2D eigenvalue weighted by Gasteiger charge is 2.38. The van der Waals surface area contributed by atoms with Gasteiger partial charge in [0.05, 0.1) is 18.3 Å². The number of aliphatic carboxylic acids is 1. The first-order chi connectivity index (χ1) is 14.6. The van der Waals surface area contributed by atoms with Crippen LogP contribution >= 0.6 is 0 Å². The molecule has 8 nitrogen and oxygen atoms in total. The number of carboxylic acids is 1. The van der Waals surface area contributed by atoms with E-state index in [0.29, 0.717) is 12.6 Å². The first kappa shape index (κ1) is 22.9. The van der Waals surface area contributed by atoms with Crippen molar-refractivity contribution in [3.63, 3.8) is 0 Å². The molecule has 0 saturated heterocycles. The van der Waals surface area contributed by atoms with Crippen molar-refractivity contribution in [3.05, 3.63) is 41.6 Å². The molecule has 1 aliphatic heterocycles. The number of fused-ring (bicyclic) bond motifs is 1. The number of carbonyl (C=O) groups excluding carboxylic acids is 1. The highest BCUT2D eigenvalue weighted by Crippen LogP contribution is 2.29. The topological polar surface area (TPSA) is 101 Å². The normalized spacial score (nSPS) is 18.6. The molecule has 4 rings (SSSR count). The van der Waals surface area contributed by atoms with Crippen LogP contribution in [0.2, 0.25) is 0 Å². The number of halogens is 3. The number of rotatable bonds is 6. The fraction of sp³-hybridized carbons (Fsp3) is 0.550. The van der Waals surface area contributed by atoms with Crippen molar-refractivity contribution in [2.24, 2.45) is 5.92 Å². The quantitative estimate of drug-likeness (QED) is 0.714. The highest BCUT2D eigenvalue weighted by atomic mass is 19.4. The minimum atomic E-state index is -5.08. The average Bonchev–Trinajstić information content (AvgIpc) is 3.30. The predicted octanol–water partition coefficient (Wildman–Crippen LogP) is 2.89. The van der Waals surface area contributed by atoms with Gasteiger partial charge in [-0.05, 0) is 44.4 Å². The van der Waals surface area contributed by atoms with E-state index in [0.717, 1.165) is 50.4 Å². The molecule has 2 aromatic rings. The summed E-state index contributed by atoms with van der Waals surface area (Å²) in [5.74, 6) is -0.315. The van der Waals surface area contributed by atoms with Gasteiger partial charge in [-0.1, -0.05) is 0 Å². The number of carboxylic acid groups (broad SMARTS) is 1. The van der Waals surface area contributed by atoms with Crippen molar-refractivity contribution in [2.45, 2.75) is 51.5 Å². The van der Waals surface area contributed by atoms with Crippen molar-refractivity contribution < 1.29 is 32.3 Å². The Labute approximate surface area is 177 Å². The van der Waals surface area contributed by atoms with Crippen LogP contribution in [0.15, 0.2) is 28.8 Å². The minimum Gasteiger partial charge on any atom is -0.475 e. The van der Waals surface area contributed by atoms with E-state index in [1.54, 1.807) is 0 Å². The van der Waals surface area contributed by atoms with Crippen LogP contribution in [-0.2, 0) is 22.7 Å². The van der Waals surface area contributed by atoms with Gasteiger partial charge in [0.2, 0.25) is 5.91 Å². The van der Waals surface area contributed by atoms with Gasteiger partial charge >= 0.3 is 12.1 Å². The lowest BCUT2D eigenvalue weighted by Crippen LogP contribution is -2.39. The molecule has 2 aliphatic rings. The molecule has 3 heterocycles. The number of hydrogen-bond acceptors (Lipinski definition) is 5. The maximum atomic E-state index is 11.8. The number of aromatic nitrogens is 2. The van der Waals surface area contributed by atoms with Gasteiger partial charge in [0.25, 0.3) is 0 Å². The zero-order valence-corrected chi connectivity index (χ0v) is 17.1. The molecule has 1 aliphatic carbocycles. The van der Waals surface area contributed by atoms with Crippen LogP contribution < -0.4 is 5.32 Å². The van der Waals surface area contributed by atoms with E-state index in [4.69, 9.17) is 14.3 Å². The fourth-order valence-corrected chi connectivity index (χ4v) is 3.44. The van der Waals surface area contributed by atoms with Crippen LogP contribution in [0, 0.1) is 12.8 Å². The molecule has 0 bridgehead atoms. The molecule has 1 unspecified atom stereocenters. The van der Waals surface area contributed by atoms with E-state index in [1.807, 2.05) is 25.3 Å². The summed E-state index contributed by atoms with van der Waals surface area (Å²) in [7, 11) is 0. The van der Waals surface area contributed by atoms with E-state index in [2.05, 4.69) is 26.1 Å². The standard InChI is InChI=1S/C18H24N4O2.C2HF3O2/c1-13-2-5-17(24-13)12-21-10-15(22-16(11-21)7-9-20-22)6-8-19-18(23)14-3-4-14;3-2(4,5)1(6)7/h2,5,7,9,14-15H,3-4,6,8,10-12H2,1H3,(H,19,23);(H,6,7). The molecule has 1 atom stereocenters. The second-order valence-electron chi connectivity index (χ2n) is 7.76. The molecule has 1 saturated carbocycles. The molecular formula is C20H25F3N4O4. The van der Waals surface area contributed by atoms with Gasteiger partial charge in [-0.2, -0.15) is 18.3 Å². The van der Waals surface area contributed by atoms with Gasteiger partial charge in [0.1, 0.15) is 11.5 Å². The van der Waals surface area contributed by atoms with E-state index >= 15 is 0 Å². The molecule has 0 radical (unpaired) electrons. The molecule has 170 valence electrons. The van der Waals surface area contributed by atoms with E-state index in [-0.39, 0.29) is 11.8 Å². The van der Waals surface area contributed by atoms with Crippen molar-refractivity contribution in [3.8, 4) is 0 Å². The minimum absolute atomic E-state index is 0.217. The number of hydrogen-bond donors (Lipinski definition) is 2. The molecule has 1 amide bonds. The van der Waals surface area contributed by atoms with Crippen LogP contribution in [0.3, 0.4) is 0 Å². The van der Waals surface area contributed by atoms with Crippen LogP contribution in [0.1, 0.15) is 42.5 Å². The SMILES string of the molecule is Cc1ccc(CN2Cc3ccnn3C(CCNC(=O)C3CC3)C2)o1.O=C(O)C(F)(F)F. The molecule has 2 aromatic heterocycles. The zero-order valence-electron chi connectivity index (χ0n) is 17.1.